The third-order valence-electron chi connectivity index (χ3n) is 8.01. The molecule has 2 N–H and O–H groups in total. The van der Waals surface area contributed by atoms with Crippen LogP contribution in [0.25, 0.3) is 5.57 Å². The molecule has 0 bridgehead atoms. The number of carbonyl (C=O) groups is 2. The molecule has 1 fully saturated rings. The molecule has 3 aliphatic rings. The second-order valence-electron chi connectivity index (χ2n) is 11.5. The molecule has 1 unspecified atom stereocenters. The Bertz CT molecular complexity index is 1160. The molecule has 3 atom stereocenters. The SMILES string of the molecule is CC(C)[C@@H](NC(=O)c1cccc(C2=CC=CCC2)c1)C(=O)N1CC[C@](O)(C2=CCC(Cl)C=C2)C(C)(C)C1. The van der Waals surface area contributed by atoms with E-state index < -0.39 is 17.1 Å². The first-order valence-corrected chi connectivity index (χ1v) is 13.8. The minimum absolute atomic E-state index is 0.0514. The van der Waals surface area contributed by atoms with E-state index in [-0.39, 0.29) is 23.1 Å². The molecule has 0 radical (unpaired) electrons. The topological polar surface area (TPSA) is 69.6 Å². The average molecular weight is 523 g/mol. The van der Waals surface area contributed by atoms with E-state index in [1.807, 2.05) is 64.1 Å². The van der Waals surface area contributed by atoms with Gasteiger partial charge in [0, 0.05) is 24.1 Å². The number of hydrogen-bond donors (Lipinski definition) is 2. The summed E-state index contributed by atoms with van der Waals surface area (Å²) >= 11 is 6.19. The molecule has 4 rings (SSSR count). The molecule has 198 valence electrons. The summed E-state index contributed by atoms with van der Waals surface area (Å²) in [6.07, 6.45) is 15.2. The van der Waals surface area contributed by atoms with E-state index in [0.717, 1.165) is 24.0 Å². The number of carbonyl (C=O) groups excluding carboxylic acids is 2. The van der Waals surface area contributed by atoms with Crippen LogP contribution < -0.4 is 5.32 Å². The molecule has 0 aromatic heterocycles. The summed E-state index contributed by atoms with van der Waals surface area (Å²) in [6, 6.07) is 6.96. The van der Waals surface area contributed by atoms with Crippen molar-refractivity contribution in [2.45, 2.75) is 70.4 Å². The Morgan fingerprint density at radius 2 is 2.03 bits per heavy atom. The van der Waals surface area contributed by atoms with Gasteiger partial charge in [-0.25, -0.2) is 0 Å². The van der Waals surface area contributed by atoms with Gasteiger partial charge in [-0.3, -0.25) is 9.59 Å². The number of amides is 2. The number of rotatable bonds is 6. The highest BCUT2D eigenvalue weighted by Crippen LogP contribution is 2.45. The number of benzene rings is 1. The Morgan fingerprint density at radius 3 is 2.65 bits per heavy atom. The zero-order valence-corrected chi connectivity index (χ0v) is 23.1. The van der Waals surface area contributed by atoms with E-state index in [1.165, 1.54) is 5.57 Å². The first-order valence-electron chi connectivity index (χ1n) is 13.3. The third-order valence-corrected chi connectivity index (χ3v) is 8.34. The van der Waals surface area contributed by atoms with Gasteiger partial charge in [-0.05, 0) is 60.4 Å². The van der Waals surface area contributed by atoms with Crippen LogP contribution in [0.2, 0.25) is 0 Å². The van der Waals surface area contributed by atoms with Crippen molar-refractivity contribution in [2.75, 3.05) is 13.1 Å². The highest BCUT2D eigenvalue weighted by Gasteiger charge is 2.51. The minimum atomic E-state index is -1.04. The van der Waals surface area contributed by atoms with Crippen molar-refractivity contribution in [1.82, 2.24) is 10.2 Å². The molecule has 1 heterocycles. The number of aliphatic hydroxyl groups is 1. The van der Waals surface area contributed by atoms with Gasteiger partial charge in [0.15, 0.2) is 0 Å². The molecule has 5 nitrogen and oxygen atoms in total. The maximum Gasteiger partial charge on any atom is 0.251 e. The summed E-state index contributed by atoms with van der Waals surface area (Å²) in [7, 11) is 0. The van der Waals surface area contributed by atoms with Gasteiger partial charge in [-0.1, -0.05) is 76.3 Å². The Kier molecular flexibility index (Phi) is 8.15. The number of allylic oxidation sites excluding steroid dienone is 6. The summed E-state index contributed by atoms with van der Waals surface area (Å²) in [5.74, 6) is -0.440. The number of halogens is 1. The molecule has 2 amide bonds. The fraction of sp³-hybridized carbons (Fsp3) is 0.484. The summed E-state index contributed by atoms with van der Waals surface area (Å²) in [5, 5.41) is 14.7. The van der Waals surface area contributed by atoms with Crippen LogP contribution in [0.5, 0.6) is 0 Å². The van der Waals surface area contributed by atoms with Crippen LogP contribution in [0.1, 0.15) is 69.3 Å². The normalized spacial score (nSPS) is 25.9. The molecule has 1 aromatic carbocycles. The number of likely N-dealkylation sites (tertiary alicyclic amines) is 1. The second-order valence-corrected chi connectivity index (χ2v) is 12.0. The molecule has 0 spiro atoms. The molecule has 1 aliphatic heterocycles. The smallest absolute Gasteiger partial charge is 0.251 e. The Labute approximate surface area is 226 Å². The summed E-state index contributed by atoms with van der Waals surface area (Å²) in [5.41, 5.74) is 2.05. The molecular formula is C31H39ClN2O3. The monoisotopic (exact) mass is 522 g/mol. The lowest BCUT2D eigenvalue weighted by Crippen LogP contribution is -2.62. The lowest BCUT2D eigenvalue weighted by molar-refractivity contribution is -0.147. The Morgan fingerprint density at radius 1 is 1.24 bits per heavy atom. The molecule has 2 aliphatic carbocycles. The largest absolute Gasteiger partial charge is 0.384 e. The first kappa shape index (κ1) is 27.4. The highest BCUT2D eigenvalue weighted by atomic mass is 35.5. The van der Waals surface area contributed by atoms with Gasteiger partial charge in [-0.2, -0.15) is 0 Å². The summed E-state index contributed by atoms with van der Waals surface area (Å²) in [6.45, 7) is 8.71. The van der Waals surface area contributed by atoms with Crippen molar-refractivity contribution >= 4 is 29.0 Å². The van der Waals surface area contributed by atoms with Crippen molar-refractivity contribution in [3.05, 3.63) is 77.4 Å². The van der Waals surface area contributed by atoms with Crippen molar-refractivity contribution < 1.29 is 14.7 Å². The zero-order valence-electron chi connectivity index (χ0n) is 22.3. The van der Waals surface area contributed by atoms with Crippen LogP contribution in [-0.4, -0.2) is 51.9 Å². The van der Waals surface area contributed by atoms with Gasteiger partial charge in [-0.15, -0.1) is 11.6 Å². The summed E-state index contributed by atoms with van der Waals surface area (Å²) < 4.78 is 0. The minimum Gasteiger partial charge on any atom is -0.384 e. The van der Waals surface area contributed by atoms with Crippen molar-refractivity contribution in [3.8, 4) is 0 Å². The molecule has 1 saturated heterocycles. The van der Waals surface area contributed by atoms with Gasteiger partial charge >= 0.3 is 0 Å². The average Bonchev–Trinajstić information content (AvgIpc) is 2.89. The van der Waals surface area contributed by atoms with Crippen molar-refractivity contribution in [3.63, 3.8) is 0 Å². The standard InChI is InChI=1S/C31H39ClN2O3/c1-21(2)27(33-28(35)24-12-8-11-23(19-24)22-9-6-5-7-10-22)29(36)34-18-17-31(37,30(3,4)20-34)25-13-15-26(32)16-14-25/h5-6,8-9,11-15,19,21,26-27,37H,7,10,16-18,20H2,1-4H3,(H,33,35)/t26?,27-,31+/m1/s1. The van der Waals surface area contributed by atoms with Gasteiger partial charge in [0.25, 0.3) is 5.91 Å². The second kappa shape index (κ2) is 11.0. The fourth-order valence-corrected chi connectivity index (χ4v) is 5.75. The number of nitrogens with one attached hydrogen (secondary N) is 1. The van der Waals surface area contributed by atoms with E-state index in [2.05, 4.69) is 23.5 Å². The van der Waals surface area contributed by atoms with Gasteiger partial charge in [0.2, 0.25) is 5.91 Å². The van der Waals surface area contributed by atoms with E-state index >= 15 is 0 Å². The maximum absolute atomic E-state index is 13.7. The lowest BCUT2D eigenvalue weighted by Gasteiger charge is -2.52. The highest BCUT2D eigenvalue weighted by molar-refractivity contribution is 6.22. The van der Waals surface area contributed by atoms with Crippen molar-refractivity contribution in [2.24, 2.45) is 11.3 Å². The van der Waals surface area contributed by atoms with E-state index in [9.17, 15) is 14.7 Å². The summed E-state index contributed by atoms with van der Waals surface area (Å²) in [4.78, 5) is 28.8. The first-order chi connectivity index (χ1) is 17.5. The van der Waals surface area contributed by atoms with E-state index in [4.69, 9.17) is 11.6 Å². The lowest BCUT2D eigenvalue weighted by atomic mass is 9.65. The predicted molar refractivity (Wildman–Crippen MR) is 150 cm³/mol. The molecule has 6 heteroatoms. The number of hydrogen-bond acceptors (Lipinski definition) is 3. The van der Waals surface area contributed by atoms with E-state index in [0.29, 0.717) is 31.5 Å². The quantitative estimate of drug-likeness (QED) is 0.474. The number of piperidine rings is 1. The third kappa shape index (κ3) is 5.78. The Hall–Kier alpha value is -2.63. The predicted octanol–water partition coefficient (Wildman–Crippen LogP) is 5.66. The van der Waals surface area contributed by atoms with Crippen LogP contribution in [0.4, 0.5) is 0 Å². The van der Waals surface area contributed by atoms with Crippen LogP contribution in [0.15, 0.2) is 66.3 Å². The number of nitrogens with zero attached hydrogens (tertiary/aromatic N) is 1. The Balaban J connectivity index is 1.47. The maximum atomic E-state index is 13.7. The van der Waals surface area contributed by atoms with Crippen LogP contribution in [0.3, 0.4) is 0 Å². The van der Waals surface area contributed by atoms with Crippen molar-refractivity contribution in [1.29, 1.82) is 0 Å². The molecule has 37 heavy (non-hydrogen) atoms. The van der Waals surface area contributed by atoms with Crippen LogP contribution >= 0.6 is 11.6 Å². The van der Waals surface area contributed by atoms with Crippen LogP contribution in [-0.2, 0) is 4.79 Å². The van der Waals surface area contributed by atoms with Gasteiger partial charge in [0.1, 0.15) is 6.04 Å². The van der Waals surface area contributed by atoms with Crippen LogP contribution in [0, 0.1) is 11.3 Å². The molecule has 1 aromatic rings. The van der Waals surface area contributed by atoms with Gasteiger partial charge < -0.3 is 15.3 Å². The van der Waals surface area contributed by atoms with Gasteiger partial charge in [0.05, 0.1) is 11.0 Å². The fourth-order valence-electron chi connectivity index (χ4n) is 5.58. The van der Waals surface area contributed by atoms with E-state index in [1.54, 1.807) is 11.0 Å². The molecule has 0 saturated carbocycles. The molecular weight excluding hydrogens is 484 g/mol. The zero-order chi connectivity index (χ0) is 26.8. The number of alkyl halides is 1.